The summed E-state index contributed by atoms with van der Waals surface area (Å²) in [5.74, 6) is 1.05. The summed E-state index contributed by atoms with van der Waals surface area (Å²) in [6.07, 6.45) is 0.662. The molecule has 1 atom stereocenters. The number of aliphatic hydroxyl groups is 1. The van der Waals surface area contributed by atoms with Gasteiger partial charge in [-0.25, -0.2) is 0 Å². The van der Waals surface area contributed by atoms with Crippen LogP contribution < -0.4 is 9.47 Å². The van der Waals surface area contributed by atoms with Crippen LogP contribution in [-0.4, -0.2) is 60.9 Å². The molecule has 1 N–H and O–H groups in total. The Morgan fingerprint density at radius 2 is 1.93 bits per heavy atom. The zero-order valence-electron chi connectivity index (χ0n) is 16.6. The minimum atomic E-state index is -2.84. The molecule has 3 rings (SSSR count). The highest BCUT2D eigenvalue weighted by Crippen LogP contribution is 2.25. The Kier molecular flexibility index (Phi) is 7.80. The molecule has 5 nitrogen and oxygen atoms in total. The minimum Gasteiger partial charge on any atom is -0.497 e. The smallest absolute Gasteiger partial charge is 0.387 e. The van der Waals surface area contributed by atoms with Crippen molar-refractivity contribution in [2.75, 3.05) is 33.4 Å². The minimum absolute atomic E-state index is 0.109. The number of hydrogen-bond acceptors (Lipinski definition) is 5. The van der Waals surface area contributed by atoms with Gasteiger partial charge in [-0.1, -0.05) is 30.3 Å². The quantitative estimate of drug-likeness (QED) is 0.692. The molecule has 0 aromatic heterocycles. The van der Waals surface area contributed by atoms with Crippen molar-refractivity contribution in [1.29, 1.82) is 0 Å². The van der Waals surface area contributed by atoms with Gasteiger partial charge >= 0.3 is 6.61 Å². The maximum absolute atomic E-state index is 12.7. The monoisotopic (exact) mass is 406 g/mol. The Morgan fingerprint density at radius 1 is 1.10 bits per heavy atom. The van der Waals surface area contributed by atoms with E-state index >= 15 is 0 Å². The molecule has 2 aromatic rings. The van der Waals surface area contributed by atoms with Crippen molar-refractivity contribution in [2.45, 2.75) is 32.2 Å². The molecule has 1 saturated heterocycles. The van der Waals surface area contributed by atoms with Crippen LogP contribution in [0.25, 0.3) is 0 Å². The first-order chi connectivity index (χ1) is 14.1. The predicted molar refractivity (Wildman–Crippen MR) is 107 cm³/mol. The predicted octanol–water partition coefficient (Wildman–Crippen LogP) is 3.37. The van der Waals surface area contributed by atoms with Crippen LogP contribution in [0.3, 0.4) is 0 Å². The Bertz CT molecular complexity index is 775. The van der Waals surface area contributed by atoms with E-state index in [1.807, 2.05) is 30.3 Å². The summed E-state index contributed by atoms with van der Waals surface area (Å²) in [4.78, 5) is 4.60. The number of nitrogens with zero attached hydrogens (tertiary/aromatic N) is 2. The van der Waals surface area contributed by atoms with Gasteiger partial charge in [0.05, 0.1) is 7.11 Å². The number of ether oxygens (including phenoxy) is 2. The number of benzene rings is 2. The van der Waals surface area contributed by atoms with Crippen LogP contribution in [0.5, 0.6) is 11.5 Å². The number of para-hydroxylation sites is 1. The summed E-state index contributed by atoms with van der Waals surface area (Å²) in [6, 6.07) is 15.1. The lowest BCUT2D eigenvalue weighted by atomic mass is 10.1. The highest BCUT2D eigenvalue weighted by atomic mass is 19.3. The second-order valence-corrected chi connectivity index (χ2v) is 7.21. The SMILES string of the molecule is COc1cccc(CN2CCN(Cc3ccccc3OC(F)F)C[C@@H]2CCO)c1. The van der Waals surface area contributed by atoms with E-state index in [0.29, 0.717) is 13.0 Å². The summed E-state index contributed by atoms with van der Waals surface area (Å²) < 4.78 is 35.3. The van der Waals surface area contributed by atoms with Crippen LogP contribution in [0.4, 0.5) is 8.78 Å². The topological polar surface area (TPSA) is 45.2 Å². The summed E-state index contributed by atoms with van der Waals surface area (Å²) in [6.45, 7) is 0.997. The van der Waals surface area contributed by atoms with Gasteiger partial charge in [0.2, 0.25) is 0 Å². The number of methoxy groups -OCH3 is 1. The average Bonchev–Trinajstić information content (AvgIpc) is 2.71. The molecule has 0 saturated carbocycles. The van der Waals surface area contributed by atoms with E-state index in [-0.39, 0.29) is 18.4 Å². The van der Waals surface area contributed by atoms with E-state index < -0.39 is 6.61 Å². The lowest BCUT2D eigenvalue weighted by molar-refractivity contribution is -0.0510. The number of aliphatic hydroxyl groups excluding tert-OH is 1. The molecular formula is C22H28F2N2O3. The fourth-order valence-corrected chi connectivity index (χ4v) is 3.82. The number of hydrogen-bond donors (Lipinski definition) is 1. The standard InChI is InChI=1S/C22H28F2N2O3/c1-28-20-7-4-5-17(13-20)14-26-11-10-25(16-19(26)9-12-27)15-18-6-2-3-8-21(18)29-22(23)24/h2-8,13,19,22,27H,9-12,14-16H2,1H3/t19-/m0/s1. The molecule has 0 bridgehead atoms. The van der Waals surface area contributed by atoms with Gasteiger partial charge in [0.15, 0.2) is 0 Å². The molecule has 2 aromatic carbocycles. The molecule has 0 unspecified atom stereocenters. The zero-order chi connectivity index (χ0) is 20.6. The molecule has 1 heterocycles. The van der Waals surface area contributed by atoms with Gasteiger partial charge in [0.1, 0.15) is 11.5 Å². The lowest BCUT2D eigenvalue weighted by Gasteiger charge is -2.41. The van der Waals surface area contributed by atoms with E-state index in [1.165, 1.54) is 0 Å². The first-order valence-electron chi connectivity index (χ1n) is 9.82. The van der Waals surface area contributed by atoms with E-state index in [2.05, 4.69) is 20.6 Å². The van der Waals surface area contributed by atoms with Crippen LogP contribution >= 0.6 is 0 Å². The van der Waals surface area contributed by atoms with E-state index in [1.54, 1.807) is 19.2 Å². The Hall–Kier alpha value is -2.22. The summed E-state index contributed by atoms with van der Waals surface area (Å²) >= 11 is 0. The molecule has 1 aliphatic heterocycles. The van der Waals surface area contributed by atoms with Crippen LogP contribution in [0.1, 0.15) is 17.5 Å². The van der Waals surface area contributed by atoms with Crippen molar-refractivity contribution >= 4 is 0 Å². The number of halogens is 2. The zero-order valence-corrected chi connectivity index (χ0v) is 16.6. The maximum Gasteiger partial charge on any atom is 0.387 e. The van der Waals surface area contributed by atoms with Gasteiger partial charge in [-0.2, -0.15) is 8.78 Å². The fraction of sp³-hybridized carbons (Fsp3) is 0.455. The molecule has 0 aliphatic carbocycles. The summed E-state index contributed by atoms with van der Waals surface area (Å²) in [7, 11) is 1.65. The Balaban J connectivity index is 1.65. The van der Waals surface area contributed by atoms with Crippen molar-refractivity contribution in [3.63, 3.8) is 0 Å². The summed E-state index contributed by atoms with van der Waals surface area (Å²) in [5.41, 5.74) is 1.91. The molecule has 0 amide bonds. The van der Waals surface area contributed by atoms with Crippen LogP contribution in [0, 0.1) is 0 Å². The van der Waals surface area contributed by atoms with E-state index in [4.69, 9.17) is 4.74 Å². The van der Waals surface area contributed by atoms with Crippen LogP contribution in [0.2, 0.25) is 0 Å². The number of alkyl halides is 2. The molecular weight excluding hydrogens is 378 g/mol. The largest absolute Gasteiger partial charge is 0.497 e. The van der Waals surface area contributed by atoms with E-state index in [0.717, 1.165) is 43.1 Å². The highest BCUT2D eigenvalue weighted by Gasteiger charge is 2.27. The third-order valence-corrected chi connectivity index (χ3v) is 5.25. The van der Waals surface area contributed by atoms with Crippen molar-refractivity contribution in [1.82, 2.24) is 9.80 Å². The Morgan fingerprint density at radius 3 is 2.69 bits per heavy atom. The molecule has 29 heavy (non-hydrogen) atoms. The third kappa shape index (κ3) is 6.13. The fourth-order valence-electron chi connectivity index (χ4n) is 3.82. The van der Waals surface area contributed by atoms with Crippen molar-refractivity contribution in [3.8, 4) is 11.5 Å². The maximum atomic E-state index is 12.7. The Labute approximate surface area is 170 Å². The number of piperazine rings is 1. The van der Waals surface area contributed by atoms with Gasteiger partial charge in [-0.05, 0) is 30.2 Å². The third-order valence-electron chi connectivity index (χ3n) is 5.25. The molecule has 158 valence electrons. The summed E-state index contributed by atoms with van der Waals surface area (Å²) in [5, 5.41) is 9.54. The van der Waals surface area contributed by atoms with E-state index in [9.17, 15) is 13.9 Å². The highest BCUT2D eigenvalue weighted by molar-refractivity contribution is 5.33. The number of rotatable bonds is 9. The van der Waals surface area contributed by atoms with Crippen LogP contribution in [0.15, 0.2) is 48.5 Å². The van der Waals surface area contributed by atoms with Crippen LogP contribution in [-0.2, 0) is 13.1 Å². The normalized spacial score (nSPS) is 18.2. The first-order valence-corrected chi connectivity index (χ1v) is 9.82. The van der Waals surface area contributed by atoms with Gasteiger partial charge in [0, 0.05) is 50.9 Å². The first kappa shape index (κ1) is 21.5. The average molecular weight is 406 g/mol. The molecule has 0 spiro atoms. The lowest BCUT2D eigenvalue weighted by Crippen LogP contribution is -2.52. The van der Waals surface area contributed by atoms with Crippen molar-refractivity contribution < 1.29 is 23.4 Å². The molecule has 7 heteroatoms. The second-order valence-electron chi connectivity index (χ2n) is 7.21. The van der Waals surface area contributed by atoms with Crippen molar-refractivity contribution in [3.05, 3.63) is 59.7 Å². The van der Waals surface area contributed by atoms with Gasteiger partial charge in [-0.3, -0.25) is 9.80 Å². The van der Waals surface area contributed by atoms with Gasteiger partial charge in [-0.15, -0.1) is 0 Å². The molecule has 1 fully saturated rings. The van der Waals surface area contributed by atoms with Gasteiger partial charge < -0.3 is 14.6 Å². The molecule has 0 radical (unpaired) electrons. The second kappa shape index (κ2) is 10.5. The molecule has 1 aliphatic rings. The van der Waals surface area contributed by atoms with Crippen molar-refractivity contribution in [2.24, 2.45) is 0 Å². The van der Waals surface area contributed by atoms with Gasteiger partial charge in [0.25, 0.3) is 0 Å².